The fraction of sp³-hybridized carbons (Fsp3) is 0.625. The van der Waals surface area contributed by atoms with Crippen molar-refractivity contribution in [1.82, 2.24) is 5.32 Å². The van der Waals surface area contributed by atoms with E-state index in [9.17, 15) is 0 Å². The van der Waals surface area contributed by atoms with Crippen LogP contribution >= 0.6 is 0 Å². The second-order valence-corrected chi connectivity index (χ2v) is 6.54. The summed E-state index contributed by atoms with van der Waals surface area (Å²) in [7, 11) is 0. The van der Waals surface area contributed by atoms with E-state index < -0.39 is 0 Å². The maximum Gasteiger partial charge on any atom is 0.0366 e. The van der Waals surface area contributed by atoms with Gasteiger partial charge in [-0.25, -0.2) is 0 Å². The molecule has 18 heavy (non-hydrogen) atoms. The number of anilines is 1. The molecule has 1 N–H and O–H groups in total. The van der Waals surface area contributed by atoms with Crippen LogP contribution in [0.15, 0.2) is 24.3 Å². The molecule has 0 saturated carbocycles. The number of nitrogens with one attached hydrogen (secondary N) is 1. The summed E-state index contributed by atoms with van der Waals surface area (Å²) >= 11 is 0. The van der Waals surface area contributed by atoms with Crippen molar-refractivity contribution in [3.05, 3.63) is 29.8 Å². The fourth-order valence-corrected chi connectivity index (χ4v) is 2.48. The standard InChI is InChI=1S/C16H26N2/c1-13(2)17-11-14-5-7-15(8-6-14)18-10-9-16(3,4)12-18/h5-8,13,17H,9-12H2,1-4H3. The van der Waals surface area contributed by atoms with Gasteiger partial charge in [-0.05, 0) is 29.5 Å². The van der Waals surface area contributed by atoms with E-state index in [2.05, 4.69) is 62.2 Å². The summed E-state index contributed by atoms with van der Waals surface area (Å²) < 4.78 is 0. The maximum absolute atomic E-state index is 3.45. The van der Waals surface area contributed by atoms with Crippen LogP contribution in [0, 0.1) is 5.41 Å². The minimum Gasteiger partial charge on any atom is -0.371 e. The molecule has 0 aromatic heterocycles. The van der Waals surface area contributed by atoms with E-state index in [0.717, 1.165) is 6.54 Å². The minimum atomic E-state index is 0.470. The highest BCUT2D eigenvalue weighted by molar-refractivity contribution is 5.48. The van der Waals surface area contributed by atoms with Gasteiger partial charge in [0.25, 0.3) is 0 Å². The predicted octanol–water partition coefficient (Wildman–Crippen LogP) is 3.42. The molecule has 0 atom stereocenters. The molecule has 2 rings (SSSR count). The molecule has 1 heterocycles. The van der Waals surface area contributed by atoms with Crippen molar-refractivity contribution < 1.29 is 0 Å². The van der Waals surface area contributed by atoms with Gasteiger partial charge in [0.15, 0.2) is 0 Å². The van der Waals surface area contributed by atoms with E-state index in [1.54, 1.807) is 0 Å². The summed E-state index contributed by atoms with van der Waals surface area (Å²) in [5, 5.41) is 3.45. The molecule has 2 nitrogen and oxygen atoms in total. The van der Waals surface area contributed by atoms with Crippen molar-refractivity contribution in [2.75, 3.05) is 18.0 Å². The molecule has 1 aromatic carbocycles. The Morgan fingerprint density at radius 2 is 1.89 bits per heavy atom. The molecule has 100 valence electrons. The quantitative estimate of drug-likeness (QED) is 0.875. The average Bonchev–Trinajstić information content (AvgIpc) is 2.68. The smallest absolute Gasteiger partial charge is 0.0366 e. The lowest BCUT2D eigenvalue weighted by Gasteiger charge is -2.22. The zero-order chi connectivity index (χ0) is 13.2. The lowest BCUT2D eigenvalue weighted by Crippen LogP contribution is -2.23. The lowest BCUT2D eigenvalue weighted by atomic mass is 9.93. The van der Waals surface area contributed by atoms with Crippen LogP contribution in [-0.4, -0.2) is 19.1 Å². The van der Waals surface area contributed by atoms with Gasteiger partial charge in [0.05, 0.1) is 0 Å². The molecule has 0 spiro atoms. The highest BCUT2D eigenvalue weighted by Crippen LogP contribution is 2.32. The van der Waals surface area contributed by atoms with Crippen molar-refractivity contribution in [1.29, 1.82) is 0 Å². The van der Waals surface area contributed by atoms with Gasteiger partial charge in [-0.1, -0.05) is 39.8 Å². The molecule has 0 unspecified atom stereocenters. The van der Waals surface area contributed by atoms with Crippen molar-refractivity contribution in [3.63, 3.8) is 0 Å². The van der Waals surface area contributed by atoms with Gasteiger partial charge >= 0.3 is 0 Å². The molecule has 1 aliphatic heterocycles. The second-order valence-electron chi connectivity index (χ2n) is 6.54. The summed E-state index contributed by atoms with van der Waals surface area (Å²) in [5.41, 5.74) is 3.21. The van der Waals surface area contributed by atoms with Gasteiger partial charge in [-0.15, -0.1) is 0 Å². The Balaban J connectivity index is 1.96. The number of hydrogen-bond acceptors (Lipinski definition) is 2. The molecule has 1 fully saturated rings. The van der Waals surface area contributed by atoms with Crippen LogP contribution in [0.3, 0.4) is 0 Å². The molecule has 0 amide bonds. The van der Waals surface area contributed by atoms with E-state index in [4.69, 9.17) is 0 Å². The van der Waals surface area contributed by atoms with Crippen molar-refractivity contribution in [2.24, 2.45) is 5.41 Å². The normalized spacial score (nSPS) is 18.6. The number of nitrogens with zero attached hydrogens (tertiary/aromatic N) is 1. The minimum absolute atomic E-state index is 0.470. The van der Waals surface area contributed by atoms with Crippen molar-refractivity contribution >= 4 is 5.69 Å². The van der Waals surface area contributed by atoms with E-state index >= 15 is 0 Å². The average molecular weight is 246 g/mol. The Morgan fingerprint density at radius 3 is 2.39 bits per heavy atom. The summed E-state index contributed by atoms with van der Waals surface area (Å²) in [6.45, 7) is 12.4. The topological polar surface area (TPSA) is 15.3 Å². The molecular weight excluding hydrogens is 220 g/mol. The molecular formula is C16H26N2. The van der Waals surface area contributed by atoms with Crippen LogP contribution in [0.1, 0.15) is 39.7 Å². The molecule has 2 heteroatoms. The number of benzene rings is 1. The Bertz CT molecular complexity index is 379. The van der Waals surface area contributed by atoms with Gasteiger partial charge < -0.3 is 10.2 Å². The Labute approximate surface area is 111 Å². The van der Waals surface area contributed by atoms with Crippen LogP contribution in [-0.2, 0) is 6.54 Å². The van der Waals surface area contributed by atoms with Crippen LogP contribution in [0.5, 0.6) is 0 Å². The third-order valence-electron chi connectivity index (χ3n) is 3.69. The summed E-state index contributed by atoms with van der Waals surface area (Å²) in [6, 6.07) is 9.56. The first-order valence-electron chi connectivity index (χ1n) is 7.04. The first-order valence-corrected chi connectivity index (χ1v) is 7.04. The number of rotatable bonds is 4. The van der Waals surface area contributed by atoms with E-state index in [1.807, 2.05) is 0 Å². The molecule has 1 aromatic rings. The molecule has 1 aliphatic rings. The Hall–Kier alpha value is -1.02. The first-order chi connectivity index (χ1) is 8.46. The Morgan fingerprint density at radius 1 is 1.22 bits per heavy atom. The zero-order valence-corrected chi connectivity index (χ0v) is 12.2. The lowest BCUT2D eigenvalue weighted by molar-refractivity contribution is 0.418. The van der Waals surface area contributed by atoms with Gasteiger partial charge in [0.1, 0.15) is 0 Å². The second kappa shape index (κ2) is 5.31. The molecule has 0 aliphatic carbocycles. The van der Waals surface area contributed by atoms with Crippen LogP contribution in [0.2, 0.25) is 0 Å². The van der Waals surface area contributed by atoms with Gasteiger partial charge in [0, 0.05) is 31.4 Å². The summed E-state index contributed by atoms with van der Waals surface area (Å²) in [4.78, 5) is 2.50. The Kier molecular flexibility index (Phi) is 3.96. The molecule has 1 saturated heterocycles. The van der Waals surface area contributed by atoms with E-state index in [1.165, 1.54) is 30.8 Å². The van der Waals surface area contributed by atoms with E-state index in [-0.39, 0.29) is 0 Å². The van der Waals surface area contributed by atoms with Crippen LogP contribution < -0.4 is 10.2 Å². The molecule has 0 radical (unpaired) electrons. The van der Waals surface area contributed by atoms with Crippen LogP contribution in [0.25, 0.3) is 0 Å². The molecule has 0 bridgehead atoms. The third-order valence-corrected chi connectivity index (χ3v) is 3.69. The van der Waals surface area contributed by atoms with Crippen molar-refractivity contribution in [3.8, 4) is 0 Å². The fourth-order valence-electron chi connectivity index (χ4n) is 2.48. The predicted molar refractivity (Wildman–Crippen MR) is 79.0 cm³/mol. The zero-order valence-electron chi connectivity index (χ0n) is 12.2. The van der Waals surface area contributed by atoms with Gasteiger partial charge in [0.2, 0.25) is 0 Å². The highest BCUT2D eigenvalue weighted by atomic mass is 15.2. The maximum atomic E-state index is 3.45. The largest absolute Gasteiger partial charge is 0.371 e. The van der Waals surface area contributed by atoms with Crippen molar-refractivity contribution in [2.45, 2.75) is 46.7 Å². The van der Waals surface area contributed by atoms with Gasteiger partial charge in [-0.2, -0.15) is 0 Å². The summed E-state index contributed by atoms with van der Waals surface area (Å²) in [5.74, 6) is 0. The SMILES string of the molecule is CC(C)NCc1ccc(N2CCC(C)(C)C2)cc1. The van der Waals surface area contributed by atoms with Gasteiger partial charge in [-0.3, -0.25) is 0 Å². The van der Waals surface area contributed by atoms with Crippen LogP contribution in [0.4, 0.5) is 5.69 Å². The monoisotopic (exact) mass is 246 g/mol. The van der Waals surface area contributed by atoms with E-state index in [0.29, 0.717) is 11.5 Å². The first kappa shape index (κ1) is 13.4. The highest BCUT2D eigenvalue weighted by Gasteiger charge is 2.29. The summed E-state index contributed by atoms with van der Waals surface area (Å²) in [6.07, 6.45) is 1.30. The third kappa shape index (κ3) is 3.49. The number of hydrogen-bond donors (Lipinski definition) is 1.